The molecule has 3 rings (SSSR count). The van der Waals surface area contributed by atoms with Gasteiger partial charge in [0.2, 0.25) is 9.84 Å². The van der Waals surface area contributed by atoms with E-state index in [2.05, 4.69) is 4.98 Å². The van der Waals surface area contributed by atoms with Crippen LogP contribution in [0.1, 0.15) is 6.92 Å². The van der Waals surface area contributed by atoms with Crippen LogP contribution in [0.15, 0.2) is 63.7 Å². The number of hydrogen-bond acceptors (Lipinski definition) is 5. The fourth-order valence-corrected chi connectivity index (χ4v) is 5.08. The fraction of sp³-hybridized carbons (Fsp3) is 0.118. The number of aromatic nitrogens is 1. The van der Waals surface area contributed by atoms with Gasteiger partial charge in [-0.15, -0.1) is 0 Å². The summed E-state index contributed by atoms with van der Waals surface area (Å²) in [7, 11) is -3.71. The van der Waals surface area contributed by atoms with Gasteiger partial charge >= 0.3 is 0 Å². The van der Waals surface area contributed by atoms with Crippen LogP contribution in [0.5, 0.6) is 5.19 Å². The molecule has 0 fully saturated rings. The number of benzene rings is 2. The first-order valence-corrected chi connectivity index (χ1v) is 9.90. The average molecular weight is 380 g/mol. The van der Waals surface area contributed by atoms with Gasteiger partial charge in [-0.1, -0.05) is 53.3 Å². The fourth-order valence-electron chi connectivity index (χ4n) is 2.15. The predicted octanol–water partition coefficient (Wildman–Crippen LogP) is 4.70. The Hall–Kier alpha value is -1.89. The van der Waals surface area contributed by atoms with E-state index in [0.717, 1.165) is 16.9 Å². The van der Waals surface area contributed by atoms with E-state index in [-0.39, 0.29) is 9.10 Å². The summed E-state index contributed by atoms with van der Waals surface area (Å²) < 4.78 is 31.6. The zero-order valence-electron chi connectivity index (χ0n) is 12.8. The molecule has 0 saturated carbocycles. The minimum Gasteiger partial charge on any atom is -0.470 e. The van der Waals surface area contributed by atoms with Gasteiger partial charge in [-0.3, -0.25) is 0 Å². The number of hydrogen-bond donors (Lipinski definition) is 0. The van der Waals surface area contributed by atoms with Crippen molar-refractivity contribution >= 4 is 32.8 Å². The third-order valence-electron chi connectivity index (χ3n) is 3.26. The van der Waals surface area contributed by atoms with Gasteiger partial charge in [0.25, 0.3) is 5.19 Å². The van der Waals surface area contributed by atoms with Crippen molar-refractivity contribution in [1.82, 2.24) is 4.98 Å². The van der Waals surface area contributed by atoms with Gasteiger partial charge in [0.1, 0.15) is 5.69 Å². The molecule has 0 atom stereocenters. The Labute approximate surface area is 149 Å². The molecule has 1 heterocycles. The van der Waals surface area contributed by atoms with Crippen LogP contribution >= 0.6 is 22.9 Å². The highest BCUT2D eigenvalue weighted by atomic mass is 35.5. The number of sulfone groups is 1. The van der Waals surface area contributed by atoms with Crippen molar-refractivity contribution in [3.05, 3.63) is 59.6 Å². The third-order valence-corrected chi connectivity index (χ3v) is 6.76. The molecule has 4 nitrogen and oxygen atoms in total. The van der Waals surface area contributed by atoms with Crippen LogP contribution in [0.4, 0.5) is 0 Å². The highest BCUT2D eigenvalue weighted by Crippen LogP contribution is 2.39. The predicted molar refractivity (Wildman–Crippen MR) is 95.6 cm³/mol. The van der Waals surface area contributed by atoms with E-state index in [1.165, 1.54) is 12.1 Å². The second kappa shape index (κ2) is 6.93. The molecule has 1 aromatic heterocycles. The van der Waals surface area contributed by atoms with E-state index in [4.69, 9.17) is 16.3 Å². The molecule has 124 valence electrons. The van der Waals surface area contributed by atoms with E-state index < -0.39 is 9.84 Å². The Morgan fingerprint density at radius 2 is 1.75 bits per heavy atom. The highest BCUT2D eigenvalue weighted by Gasteiger charge is 2.27. The minimum absolute atomic E-state index is 0.166. The van der Waals surface area contributed by atoms with Gasteiger partial charge in [0, 0.05) is 10.6 Å². The lowest BCUT2D eigenvalue weighted by molar-refractivity contribution is 0.338. The van der Waals surface area contributed by atoms with Crippen molar-refractivity contribution in [1.29, 1.82) is 0 Å². The van der Waals surface area contributed by atoms with Crippen LogP contribution in [0.2, 0.25) is 5.02 Å². The highest BCUT2D eigenvalue weighted by molar-refractivity contribution is 7.93. The number of halogens is 1. The van der Waals surface area contributed by atoms with E-state index >= 15 is 0 Å². The Bertz CT molecular complexity index is 936. The molecule has 0 aliphatic rings. The van der Waals surface area contributed by atoms with Gasteiger partial charge in [-0.2, -0.15) is 0 Å². The van der Waals surface area contributed by atoms with Crippen LogP contribution in [0, 0.1) is 0 Å². The molecule has 7 heteroatoms. The average Bonchev–Trinajstić information content (AvgIpc) is 3.01. The van der Waals surface area contributed by atoms with Gasteiger partial charge in [0.05, 0.1) is 11.5 Å². The topological polar surface area (TPSA) is 56.3 Å². The van der Waals surface area contributed by atoms with Crippen LogP contribution in [0.25, 0.3) is 11.3 Å². The molecule has 0 aliphatic heterocycles. The molecule has 2 aromatic carbocycles. The van der Waals surface area contributed by atoms with Crippen molar-refractivity contribution < 1.29 is 13.2 Å². The van der Waals surface area contributed by atoms with Crippen LogP contribution in [0.3, 0.4) is 0 Å². The van der Waals surface area contributed by atoms with Gasteiger partial charge in [-0.05, 0) is 31.2 Å². The molecule has 0 amide bonds. The Kier molecular flexibility index (Phi) is 4.89. The molecular weight excluding hydrogens is 366 g/mol. The molecule has 0 bridgehead atoms. The summed E-state index contributed by atoms with van der Waals surface area (Å²) in [5.74, 6) is 0. The molecule has 0 radical (unpaired) electrons. The summed E-state index contributed by atoms with van der Waals surface area (Å²) in [6, 6.07) is 15.3. The van der Waals surface area contributed by atoms with Crippen molar-refractivity contribution in [2.24, 2.45) is 0 Å². The first-order chi connectivity index (χ1) is 11.5. The quantitative estimate of drug-likeness (QED) is 0.645. The van der Waals surface area contributed by atoms with Crippen LogP contribution in [-0.2, 0) is 9.84 Å². The summed E-state index contributed by atoms with van der Waals surface area (Å²) in [6.45, 7) is 2.25. The number of thiazole rings is 1. The van der Waals surface area contributed by atoms with Crippen LogP contribution < -0.4 is 4.74 Å². The van der Waals surface area contributed by atoms with E-state index in [9.17, 15) is 8.42 Å². The smallest absolute Gasteiger partial charge is 0.275 e. The Balaban J connectivity index is 2.17. The molecule has 24 heavy (non-hydrogen) atoms. The zero-order valence-corrected chi connectivity index (χ0v) is 15.2. The summed E-state index contributed by atoms with van der Waals surface area (Å²) >= 11 is 6.89. The van der Waals surface area contributed by atoms with Crippen molar-refractivity contribution in [2.45, 2.75) is 16.0 Å². The zero-order chi connectivity index (χ0) is 17.2. The largest absolute Gasteiger partial charge is 0.470 e. The third kappa shape index (κ3) is 3.31. The maximum absolute atomic E-state index is 13.0. The van der Waals surface area contributed by atoms with Gasteiger partial charge in [-0.25, -0.2) is 13.4 Å². The van der Waals surface area contributed by atoms with E-state index in [1.54, 1.807) is 12.1 Å². The SMILES string of the molecule is CCOc1nc(-c2ccccc2)c(S(=O)(=O)c2ccc(Cl)cc2)s1. The summed E-state index contributed by atoms with van der Waals surface area (Å²) in [6.07, 6.45) is 0. The van der Waals surface area contributed by atoms with Crippen molar-refractivity contribution in [3.63, 3.8) is 0 Å². The first-order valence-electron chi connectivity index (χ1n) is 7.22. The number of nitrogens with zero attached hydrogens (tertiary/aromatic N) is 1. The number of ether oxygens (including phenoxy) is 1. The van der Waals surface area contributed by atoms with Gasteiger partial charge < -0.3 is 4.74 Å². The lowest BCUT2D eigenvalue weighted by atomic mass is 10.2. The molecule has 0 unspecified atom stereocenters. The second-order valence-electron chi connectivity index (χ2n) is 4.87. The molecular formula is C17H14ClNO3S2. The van der Waals surface area contributed by atoms with Crippen molar-refractivity contribution in [2.75, 3.05) is 6.61 Å². The normalized spacial score (nSPS) is 11.4. The minimum atomic E-state index is -3.71. The first kappa shape index (κ1) is 17.0. The monoisotopic (exact) mass is 379 g/mol. The summed E-state index contributed by atoms with van der Waals surface area (Å²) in [5.41, 5.74) is 1.13. The molecule has 0 spiro atoms. The summed E-state index contributed by atoms with van der Waals surface area (Å²) in [5, 5.41) is 0.820. The molecule has 3 aromatic rings. The molecule has 0 N–H and O–H groups in total. The maximum atomic E-state index is 13.0. The summed E-state index contributed by atoms with van der Waals surface area (Å²) in [4.78, 5) is 4.55. The lowest BCUT2D eigenvalue weighted by Crippen LogP contribution is -2.01. The maximum Gasteiger partial charge on any atom is 0.275 e. The van der Waals surface area contributed by atoms with Crippen molar-refractivity contribution in [3.8, 4) is 16.5 Å². The molecule has 0 saturated heterocycles. The Morgan fingerprint density at radius 1 is 1.08 bits per heavy atom. The van der Waals surface area contributed by atoms with Gasteiger partial charge in [0.15, 0.2) is 4.21 Å². The Morgan fingerprint density at radius 3 is 2.38 bits per heavy atom. The standard InChI is InChI=1S/C17H14ClNO3S2/c1-2-22-17-19-15(12-6-4-3-5-7-12)16(23-17)24(20,21)14-10-8-13(18)9-11-14/h3-11H,2H2,1H3. The lowest BCUT2D eigenvalue weighted by Gasteiger charge is -2.05. The van der Waals surface area contributed by atoms with Crippen LogP contribution in [-0.4, -0.2) is 20.0 Å². The molecule has 0 aliphatic carbocycles. The second-order valence-corrected chi connectivity index (χ2v) is 8.42. The van der Waals surface area contributed by atoms with E-state index in [0.29, 0.717) is 22.5 Å². The van der Waals surface area contributed by atoms with E-state index in [1.807, 2.05) is 37.3 Å². The number of rotatable bonds is 5.